The number of rotatable bonds is 7. The molecule has 2 fully saturated rings. The normalized spacial score (nSPS) is 24.6. The number of nitrogens with zero attached hydrogens (tertiary/aromatic N) is 1. The van der Waals surface area contributed by atoms with Crippen molar-refractivity contribution < 1.29 is 9.53 Å². The predicted molar refractivity (Wildman–Crippen MR) is 138 cm³/mol. The van der Waals surface area contributed by atoms with Crippen LogP contribution in [0, 0.1) is 5.92 Å². The molecule has 1 saturated carbocycles. The van der Waals surface area contributed by atoms with Crippen LogP contribution in [0.2, 0.25) is 0 Å². The number of para-hydroxylation sites is 1. The number of anilines is 1. The fraction of sp³-hybridized carbons (Fsp3) is 0.346. The van der Waals surface area contributed by atoms with Crippen molar-refractivity contribution in [2.24, 2.45) is 5.92 Å². The van der Waals surface area contributed by atoms with Crippen molar-refractivity contribution in [1.29, 1.82) is 0 Å². The first-order valence-electron chi connectivity index (χ1n) is 11.1. The Balaban J connectivity index is 1.61. The van der Waals surface area contributed by atoms with Crippen LogP contribution in [-0.2, 0) is 4.79 Å². The first kappa shape index (κ1) is 23.0. The van der Waals surface area contributed by atoms with Gasteiger partial charge in [0.2, 0.25) is 0 Å². The lowest BCUT2D eigenvalue weighted by molar-refractivity contribution is -0.129. The van der Waals surface area contributed by atoms with Gasteiger partial charge in [-0.3, -0.25) is 4.79 Å². The Morgan fingerprint density at radius 2 is 2.00 bits per heavy atom. The Hall–Kier alpha value is -2.18. The second-order valence-electron chi connectivity index (χ2n) is 8.32. The van der Waals surface area contributed by atoms with E-state index in [1.165, 1.54) is 19.3 Å². The van der Waals surface area contributed by atoms with Crippen LogP contribution in [0.15, 0.2) is 70.6 Å². The van der Waals surface area contributed by atoms with Crippen molar-refractivity contribution in [2.75, 3.05) is 11.9 Å². The highest BCUT2D eigenvalue weighted by Crippen LogP contribution is 2.42. The minimum atomic E-state index is -0.111. The molecule has 0 radical (unpaired) electrons. The maximum Gasteiger partial charge on any atom is 0.262 e. The number of nitrogens with one attached hydrogen (secondary N) is 1. The van der Waals surface area contributed by atoms with Crippen LogP contribution < -0.4 is 10.1 Å². The van der Waals surface area contributed by atoms with E-state index in [1.54, 1.807) is 17.8 Å². The molecule has 1 amide bonds. The summed E-state index contributed by atoms with van der Waals surface area (Å²) in [6.07, 6.45) is 8.38. The summed E-state index contributed by atoms with van der Waals surface area (Å²) >= 11 is 5.18. The number of thioether (sulfide) groups is 1. The van der Waals surface area contributed by atoms with Gasteiger partial charge in [-0.25, -0.2) is 0 Å². The molecule has 1 N–H and O–H groups in total. The zero-order valence-electron chi connectivity index (χ0n) is 18.3. The van der Waals surface area contributed by atoms with Crippen molar-refractivity contribution in [1.82, 2.24) is 4.90 Å². The molecule has 4 rings (SSSR count). The number of ether oxygens (including phenoxy) is 1. The highest BCUT2D eigenvalue weighted by Gasteiger charge is 2.42. The Bertz CT molecular complexity index is 995. The van der Waals surface area contributed by atoms with Crippen LogP contribution in [0.4, 0.5) is 5.69 Å². The van der Waals surface area contributed by atoms with Crippen molar-refractivity contribution in [3.63, 3.8) is 0 Å². The average Bonchev–Trinajstić information content (AvgIpc) is 3.08. The summed E-state index contributed by atoms with van der Waals surface area (Å²) < 4.78 is 6.51. The number of carbonyl (C=O) groups is 1. The van der Waals surface area contributed by atoms with Crippen molar-refractivity contribution in [3.05, 3.63) is 76.1 Å². The average molecular weight is 514 g/mol. The number of halogens is 1. The minimum Gasteiger partial charge on any atom is -0.488 e. The van der Waals surface area contributed by atoms with Crippen molar-refractivity contribution >= 4 is 45.4 Å². The first-order chi connectivity index (χ1) is 15.6. The fourth-order valence-electron chi connectivity index (χ4n) is 4.39. The van der Waals surface area contributed by atoms with Gasteiger partial charge >= 0.3 is 0 Å². The molecule has 6 heteroatoms. The number of amides is 1. The smallest absolute Gasteiger partial charge is 0.262 e. The summed E-state index contributed by atoms with van der Waals surface area (Å²) in [6.45, 7) is 6.42. The molecular formula is C26H29BrN2O2S. The molecular weight excluding hydrogens is 484 g/mol. The van der Waals surface area contributed by atoms with E-state index in [4.69, 9.17) is 4.74 Å². The van der Waals surface area contributed by atoms with Gasteiger partial charge in [-0.15, -0.1) is 0 Å². The topological polar surface area (TPSA) is 41.6 Å². The Morgan fingerprint density at radius 3 is 2.72 bits per heavy atom. The summed E-state index contributed by atoms with van der Waals surface area (Å²) in [4.78, 5) is 16.5. The third-order valence-corrected chi connectivity index (χ3v) is 7.77. The van der Waals surface area contributed by atoms with Gasteiger partial charge in [-0.1, -0.05) is 68.4 Å². The lowest BCUT2D eigenvalue weighted by Crippen LogP contribution is -2.48. The Morgan fingerprint density at radius 1 is 1.22 bits per heavy atom. The zero-order chi connectivity index (χ0) is 22.5. The largest absolute Gasteiger partial charge is 0.488 e. The molecule has 2 aromatic rings. The molecule has 1 unspecified atom stereocenters. The highest BCUT2D eigenvalue weighted by atomic mass is 79.9. The number of hydrogen-bond donors (Lipinski definition) is 1. The SMILES string of the molecule is C=CCOc1ccc(/C=C2\SC(Nc3ccccc3)N([C@H]3CCCC[C@@H]3C)C2=O)cc1Br. The van der Waals surface area contributed by atoms with Crippen LogP contribution in [-0.4, -0.2) is 29.0 Å². The van der Waals surface area contributed by atoms with Crippen LogP contribution >= 0.6 is 27.7 Å². The third-order valence-electron chi connectivity index (χ3n) is 6.03. The molecule has 1 heterocycles. The zero-order valence-corrected chi connectivity index (χ0v) is 20.7. The Labute approximate surface area is 203 Å². The fourth-order valence-corrected chi connectivity index (χ4v) is 6.11. The van der Waals surface area contributed by atoms with Crippen LogP contribution in [0.25, 0.3) is 6.08 Å². The van der Waals surface area contributed by atoms with E-state index in [0.29, 0.717) is 12.5 Å². The van der Waals surface area contributed by atoms with Crippen LogP contribution in [0.1, 0.15) is 38.2 Å². The summed E-state index contributed by atoms with van der Waals surface area (Å²) in [7, 11) is 0. The number of hydrogen-bond acceptors (Lipinski definition) is 4. The molecule has 1 saturated heterocycles. The summed E-state index contributed by atoms with van der Waals surface area (Å²) in [5.74, 6) is 1.38. The molecule has 0 aromatic heterocycles. The van der Waals surface area contributed by atoms with E-state index < -0.39 is 0 Å². The molecule has 4 nitrogen and oxygen atoms in total. The van der Waals surface area contributed by atoms with E-state index in [9.17, 15) is 4.79 Å². The highest BCUT2D eigenvalue weighted by molar-refractivity contribution is 9.10. The monoisotopic (exact) mass is 512 g/mol. The van der Waals surface area contributed by atoms with E-state index in [0.717, 1.165) is 32.8 Å². The van der Waals surface area contributed by atoms with Gasteiger partial charge in [-0.2, -0.15) is 0 Å². The van der Waals surface area contributed by atoms with Gasteiger partial charge in [0.25, 0.3) is 5.91 Å². The molecule has 2 aliphatic rings. The maximum atomic E-state index is 13.6. The summed E-state index contributed by atoms with van der Waals surface area (Å²) in [5.41, 5.74) is 1.88. The van der Waals surface area contributed by atoms with Crippen molar-refractivity contribution in [3.8, 4) is 5.75 Å². The second kappa shape index (κ2) is 10.6. The first-order valence-corrected chi connectivity index (χ1v) is 12.8. The van der Waals surface area contributed by atoms with Gasteiger partial charge in [0, 0.05) is 11.7 Å². The molecule has 0 spiro atoms. The van der Waals surface area contributed by atoms with Crippen LogP contribution in [0.3, 0.4) is 0 Å². The van der Waals surface area contributed by atoms with Crippen LogP contribution in [0.5, 0.6) is 5.75 Å². The van der Waals surface area contributed by atoms with Gasteiger partial charge in [-0.05, 0) is 70.6 Å². The standard InChI is InChI=1S/C26H29BrN2O2S/c1-3-15-31-23-14-13-19(16-21(23)27)17-24-25(30)29(22-12-8-7-9-18(22)2)26(32-24)28-20-10-5-4-6-11-20/h3-6,10-11,13-14,16-18,22,26,28H,1,7-9,12,15H2,2H3/b24-17-/t18-,22-,26?/m0/s1. The van der Waals surface area contributed by atoms with E-state index >= 15 is 0 Å². The lowest BCUT2D eigenvalue weighted by atomic mass is 9.85. The molecule has 2 aromatic carbocycles. The molecule has 1 aliphatic carbocycles. The van der Waals surface area contributed by atoms with E-state index in [-0.39, 0.29) is 17.4 Å². The minimum absolute atomic E-state index is 0.111. The molecule has 0 bridgehead atoms. The van der Waals surface area contributed by atoms with Gasteiger partial charge in [0.05, 0.1) is 9.38 Å². The number of carbonyl (C=O) groups excluding carboxylic acids is 1. The van der Waals surface area contributed by atoms with Crippen molar-refractivity contribution in [2.45, 2.75) is 44.1 Å². The van der Waals surface area contributed by atoms with E-state index in [2.05, 4.69) is 39.6 Å². The Kier molecular flexibility index (Phi) is 7.63. The molecule has 32 heavy (non-hydrogen) atoms. The lowest BCUT2D eigenvalue weighted by Gasteiger charge is -2.39. The molecule has 168 valence electrons. The predicted octanol–water partition coefficient (Wildman–Crippen LogP) is 6.90. The quantitative estimate of drug-likeness (QED) is 0.323. The second-order valence-corrected chi connectivity index (χ2v) is 10.3. The van der Waals surface area contributed by atoms with Gasteiger partial charge < -0.3 is 15.0 Å². The number of benzene rings is 2. The van der Waals surface area contributed by atoms with Gasteiger partial charge in [0.15, 0.2) is 5.50 Å². The van der Waals surface area contributed by atoms with Gasteiger partial charge in [0.1, 0.15) is 12.4 Å². The summed E-state index contributed by atoms with van der Waals surface area (Å²) in [6, 6.07) is 16.3. The summed E-state index contributed by atoms with van der Waals surface area (Å²) in [5, 5.41) is 3.59. The van der Waals surface area contributed by atoms with E-state index in [1.807, 2.05) is 54.6 Å². The molecule has 3 atom stereocenters. The maximum absolute atomic E-state index is 13.6. The molecule has 1 aliphatic heterocycles. The third kappa shape index (κ3) is 5.24.